The number of likely N-dealkylation sites (N-methyl/N-ethyl adjacent to an activating group) is 1. The third kappa shape index (κ3) is 4.30. The minimum Gasteiger partial charge on any atom is -0.488 e. The maximum atomic E-state index is 13.1. The highest BCUT2D eigenvalue weighted by atomic mass is 35.5. The second kappa shape index (κ2) is 7.94. The molecule has 1 aliphatic carbocycles. The summed E-state index contributed by atoms with van der Waals surface area (Å²) in [5.41, 5.74) is 0. The van der Waals surface area contributed by atoms with Crippen LogP contribution in [0.1, 0.15) is 13.3 Å². The van der Waals surface area contributed by atoms with Crippen molar-refractivity contribution >= 4 is 11.6 Å². The van der Waals surface area contributed by atoms with Gasteiger partial charge in [0.1, 0.15) is 23.8 Å². The van der Waals surface area contributed by atoms with E-state index in [-0.39, 0.29) is 23.3 Å². The minimum atomic E-state index is -0.448. The molecule has 0 amide bonds. The van der Waals surface area contributed by atoms with Crippen LogP contribution < -0.4 is 10.1 Å². The standard InChI is InChI=1S/C15H21ClFNO3/c1-3-18-13-9-14(15(13)20-7-6-19-2)21-10-4-5-12(17)11(16)8-10/h4-5,8,13-15,18H,3,6-7,9H2,1-2H3. The molecule has 1 saturated carbocycles. The monoisotopic (exact) mass is 317 g/mol. The largest absolute Gasteiger partial charge is 0.488 e. The van der Waals surface area contributed by atoms with E-state index in [4.69, 9.17) is 25.8 Å². The first kappa shape index (κ1) is 16.5. The summed E-state index contributed by atoms with van der Waals surface area (Å²) >= 11 is 5.76. The SMILES string of the molecule is CCNC1CC(Oc2ccc(F)c(Cl)c2)C1OCCOC. The second-order valence-corrected chi connectivity index (χ2v) is 5.37. The number of methoxy groups -OCH3 is 1. The van der Waals surface area contributed by atoms with Crippen molar-refractivity contribution in [1.82, 2.24) is 5.32 Å². The van der Waals surface area contributed by atoms with Crippen LogP contribution in [0.15, 0.2) is 18.2 Å². The summed E-state index contributed by atoms with van der Waals surface area (Å²) in [7, 11) is 1.64. The Hall–Kier alpha value is -0.880. The Kier molecular flexibility index (Phi) is 6.23. The molecule has 0 heterocycles. The molecule has 118 valence electrons. The highest BCUT2D eigenvalue weighted by Gasteiger charge is 2.43. The molecule has 4 nitrogen and oxygen atoms in total. The fraction of sp³-hybridized carbons (Fsp3) is 0.600. The van der Waals surface area contributed by atoms with E-state index in [0.717, 1.165) is 13.0 Å². The summed E-state index contributed by atoms with van der Waals surface area (Å²) in [5.74, 6) is 0.109. The van der Waals surface area contributed by atoms with Crippen molar-refractivity contribution in [1.29, 1.82) is 0 Å². The number of rotatable bonds is 8. The summed E-state index contributed by atoms with van der Waals surface area (Å²) < 4.78 is 29.8. The van der Waals surface area contributed by atoms with Gasteiger partial charge in [0.05, 0.1) is 18.2 Å². The van der Waals surface area contributed by atoms with E-state index in [9.17, 15) is 4.39 Å². The van der Waals surface area contributed by atoms with E-state index in [1.807, 2.05) is 0 Å². The predicted octanol–water partition coefficient (Wildman–Crippen LogP) is 2.64. The molecule has 0 radical (unpaired) electrons. The number of hydrogen-bond donors (Lipinski definition) is 1. The van der Waals surface area contributed by atoms with Gasteiger partial charge in [0.15, 0.2) is 0 Å². The zero-order valence-corrected chi connectivity index (χ0v) is 13.0. The van der Waals surface area contributed by atoms with Crippen molar-refractivity contribution in [3.05, 3.63) is 29.0 Å². The maximum absolute atomic E-state index is 13.1. The highest BCUT2D eigenvalue weighted by molar-refractivity contribution is 6.30. The molecular formula is C15H21ClFNO3. The minimum absolute atomic E-state index is 0.0380. The van der Waals surface area contributed by atoms with Crippen LogP contribution in [0.2, 0.25) is 5.02 Å². The van der Waals surface area contributed by atoms with Gasteiger partial charge in [-0.25, -0.2) is 4.39 Å². The second-order valence-electron chi connectivity index (χ2n) is 4.96. The van der Waals surface area contributed by atoms with Crippen molar-refractivity contribution in [3.8, 4) is 5.75 Å². The predicted molar refractivity (Wildman–Crippen MR) is 79.5 cm³/mol. The Labute approximate surface area is 129 Å². The van der Waals surface area contributed by atoms with Crippen molar-refractivity contribution in [2.75, 3.05) is 26.9 Å². The van der Waals surface area contributed by atoms with Gasteiger partial charge in [0, 0.05) is 25.6 Å². The summed E-state index contributed by atoms with van der Waals surface area (Å²) in [4.78, 5) is 0. The van der Waals surface area contributed by atoms with Crippen molar-refractivity contribution in [2.45, 2.75) is 31.6 Å². The van der Waals surface area contributed by atoms with E-state index >= 15 is 0 Å². The Bertz CT molecular complexity index is 461. The Morgan fingerprint density at radius 2 is 2.19 bits per heavy atom. The Morgan fingerprint density at radius 3 is 2.86 bits per heavy atom. The average Bonchev–Trinajstić information content (AvgIpc) is 2.46. The fourth-order valence-corrected chi connectivity index (χ4v) is 2.55. The number of nitrogens with one attached hydrogen (secondary N) is 1. The molecule has 0 saturated heterocycles. The van der Waals surface area contributed by atoms with E-state index in [0.29, 0.717) is 19.0 Å². The molecule has 21 heavy (non-hydrogen) atoms. The lowest BCUT2D eigenvalue weighted by molar-refractivity contribution is -0.115. The fourth-order valence-electron chi connectivity index (χ4n) is 2.37. The zero-order valence-electron chi connectivity index (χ0n) is 12.3. The lowest BCUT2D eigenvalue weighted by atomic mass is 9.85. The molecule has 6 heteroatoms. The molecule has 0 aromatic heterocycles. The van der Waals surface area contributed by atoms with Crippen LogP contribution in [0.4, 0.5) is 4.39 Å². The van der Waals surface area contributed by atoms with Crippen LogP contribution in [-0.4, -0.2) is 45.1 Å². The molecule has 0 spiro atoms. The number of hydrogen-bond acceptors (Lipinski definition) is 4. The molecule has 0 bridgehead atoms. The van der Waals surface area contributed by atoms with Crippen LogP contribution in [-0.2, 0) is 9.47 Å². The van der Waals surface area contributed by atoms with Gasteiger partial charge < -0.3 is 19.5 Å². The topological polar surface area (TPSA) is 39.7 Å². The van der Waals surface area contributed by atoms with E-state index in [1.165, 1.54) is 12.1 Å². The third-order valence-corrected chi connectivity index (χ3v) is 3.78. The molecule has 1 N–H and O–H groups in total. The number of ether oxygens (including phenoxy) is 3. The van der Waals surface area contributed by atoms with E-state index < -0.39 is 5.82 Å². The van der Waals surface area contributed by atoms with Gasteiger partial charge >= 0.3 is 0 Å². The summed E-state index contributed by atoms with van der Waals surface area (Å²) in [6.45, 7) is 4.00. The molecule has 3 atom stereocenters. The Balaban J connectivity index is 1.92. The lowest BCUT2D eigenvalue weighted by Crippen LogP contribution is -2.61. The smallest absolute Gasteiger partial charge is 0.142 e. The molecule has 0 aliphatic heterocycles. The highest BCUT2D eigenvalue weighted by Crippen LogP contribution is 2.30. The maximum Gasteiger partial charge on any atom is 0.142 e. The summed E-state index contributed by atoms with van der Waals surface area (Å²) in [6, 6.07) is 4.64. The lowest BCUT2D eigenvalue weighted by Gasteiger charge is -2.44. The molecule has 3 unspecified atom stereocenters. The Morgan fingerprint density at radius 1 is 1.38 bits per heavy atom. The summed E-state index contributed by atoms with van der Waals surface area (Å²) in [6.07, 6.45) is 0.747. The molecule has 1 aliphatic rings. The van der Waals surface area contributed by atoms with Crippen LogP contribution in [0, 0.1) is 5.82 Å². The molecule has 1 fully saturated rings. The van der Waals surface area contributed by atoms with Gasteiger partial charge in [-0.2, -0.15) is 0 Å². The van der Waals surface area contributed by atoms with Crippen LogP contribution in [0.25, 0.3) is 0 Å². The number of benzene rings is 1. The molecule has 1 aromatic carbocycles. The molecule has 1 aromatic rings. The van der Waals surface area contributed by atoms with Gasteiger partial charge in [0.25, 0.3) is 0 Å². The van der Waals surface area contributed by atoms with Crippen molar-refractivity contribution in [2.24, 2.45) is 0 Å². The van der Waals surface area contributed by atoms with Crippen molar-refractivity contribution < 1.29 is 18.6 Å². The van der Waals surface area contributed by atoms with Gasteiger partial charge in [0.2, 0.25) is 0 Å². The van der Waals surface area contributed by atoms with Crippen LogP contribution in [0.5, 0.6) is 5.75 Å². The van der Waals surface area contributed by atoms with E-state index in [1.54, 1.807) is 13.2 Å². The third-order valence-electron chi connectivity index (χ3n) is 3.49. The summed E-state index contributed by atoms with van der Waals surface area (Å²) in [5, 5.41) is 3.43. The van der Waals surface area contributed by atoms with Gasteiger partial charge in [-0.3, -0.25) is 0 Å². The first-order chi connectivity index (χ1) is 10.2. The van der Waals surface area contributed by atoms with Crippen LogP contribution in [0.3, 0.4) is 0 Å². The number of halogens is 2. The molecular weight excluding hydrogens is 297 g/mol. The van der Waals surface area contributed by atoms with Gasteiger partial charge in [-0.15, -0.1) is 0 Å². The first-order valence-corrected chi connectivity index (χ1v) is 7.49. The van der Waals surface area contributed by atoms with Gasteiger partial charge in [-0.05, 0) is 18.7 Å². The van der Waals surface area contributed by atoms with Gasteiger partial charge in [-0.1, -0.05) is 18.5 Å². The zero-order chi connectivity index (χ0) is 15.2. The quantitative estimate of drug-likeness (QED) is 0.748. The average molecular weight is 318 g/mol. The van der Waals surface area contributed by atoms with Crippen molar-refractivity contribution in [3.63, 3.8) is 0 Å². The first-order valence-electron chi connectivity index (χ1n) is 7.11. The normalized spacial score (nSPS) is 24.7. The van der Waals surface area contributed by atoms with Crippen LogP contribution >= 0.6 is 11.6 Å². The molecule has 2 rings (SSSR count). The van der Waals surface area contributed by atoms with E-state index in [2.05, 4.69) is 12.2 Å².